The van der Waals surface area contributed by atoms with E-state index in [4.69, 9.17) is 4.74 Å². The average molecular weight is 413 g/mol. The number of rotatable bonds is 5. The predicted octanol–water partition coefficient (Wildman–Crippen LogP) is 0.731. The van der Waals surface area contributed by atoms with Gasteiger partial charge in [0, 0.05) is 38.0 Å². The highest BCUT2D eigenvalue weighted by molar-refractivity contribution is 5.83. The van der Waals surface area contributed by atoms with Crippen LogP contribution in [0.4, 0.5) is 19.1 Å². The van der Waals surface area contributed by atoms with Crippen LogP contribution in [0.25, 0.3) is 0 Å². The molecule has 29 heavy (non-hydrogen) atoms. The molecule has 2 amide bonds. The monoisotopic (exact) mass is 413 g/mol. The molecular weight excluding hydrogens is 391 g/mol. The predicted molar refractivity (Wildman–Crippen MR) is 94.8 cm³/mol. The van der Waals surface area contributed by atoms with Crippen molar-refractivity contribution in [2.24, 2.45) is 11.8 Å². The van der Waals surface area contributed by atoms with Crippen LogP contribution in [0.1, 0.15) is 25.5 Å². The highest BCUT2D eigenvalue weighted by atomic mass is 19.4. The number of alkyl halides is 3. The molecule has 11 heteroatoms. The van der Waals surface area contributed by atoms with Gasteiger partial charge in [0.05, 0.1) is 24.8 Å². The minimum absolute atomic E-state index is 0.0191. The molecule has 158 valence electrons. The molecule has 0 unspecified atom stereocenters. The van der Waals surface area contributed by atoms with Crippen molar-refractivity contribution in [2.45, 2.75) is 37.6 Å². The van der Waals surface area contributed by atoms with Crippen LogP contribution in [0.3, 0.4) is 0 Å². The molecule has 3 aliphatic rings. The van der Waals surface area contributed by atoms with E-state index in [1.807, 2.05) is 0 Å². The molecule has 3 saturated heterocycles. The third-order valence-electron chi connectivity index (χ3n) is 6.03. The Morgan fingerprint density at radius 3 is 2.90 bits per heavy atom. The van der Waals surface area contributed by atoms with Gasteiger partial charge in [-0.15, -0.1) is 0 Å². The Labute approximate surface area is 165 Å². The van der Waals surface area contributed by atoms with Crippen LogP contribution in [0.2, 0.25) is 0 Å². The first-order valence-corrected chi connectivity index (χ1v) is 9.52. The van der Waals surface area contributed by atoms with Gasteiger partial charge < -0.3 is 20.3 Å². The highest BCUT2D eigenvalue weighted by Crippen LogP contribution is 2.55. The van der Waals surface area contributed by atoms with Crippen LogP contribution in [0, 0.1) is 11.8 Å². The summed E-state index contributed by atoms with van der Waals surface area (Å²) in [6.45, 7) is 2.56. The van der Waals surface area contributed by atoms with Crippen molar-refractivity contribution in [2.75, 3.05) is 31.1 Å². The molecule has 4 rings (SSSR count). The second-order valence-electron chi connectivity index (χ2n) is 7.86. The quantitative estimate of drug-likeness (QED) is 0.739. The summed E-state index contributed by atoms with van der Waals surface area (Å²) in [6.07, 6.45) is -1.71. The zero-order chi connectivity index (χ0) is 20.8. The molecule has 0 aromatic carbocycles. The zero-order valence-electron chi connectivity index (χ0n) is 15.8. The number of amides is 2. The lowest BCUT2D eigenvalue weighted by molar-refractivity contribution is -0.141. The Kier molecular flexibility index (Phi) is 4.88. The van der Waals surface area contributed by atoms with Crippen molar-refractivity contribution in [3.63, 3.8) is 0 Å². The molecule has 0 radical (unpaired) electrons. The summed E-state index contributed by atoms with van der Waals surface area (Å²) in [7, 11) is 0. The fraction of sp³-hybridized carbons (Fsp3) is 0.667. The lowest BCUT2D eigenvalue weighted by atomic mass is 9.73. The largest absolute Gasteiger partial charge is 0.433 e. The van der Waals surface area contributed by atoms with Gasteiger partial charge in [-0.3, -0.25) is 9.59 Å². The number of anilines is 1. The molecule has 2 bridgehead atoms. The van der Waals surface area contributed by atoms with E-state index in [-0.39, 0.29) is 42.2 Å². The maximum Gasteiger partial charge on any atom is 0.433 e. The van der Waals surface area contributed by atoms with Gasteiger partial charge in [-0.05, 0) is 18.9 Å². The minimum atomic E-state index is -4.53. The van der Waals surface area contributed by atoms with Crippen LogP contribution in [0.5, 0.6) is 0 Å². The smallest absolute Gasteiger partial charge is 0.369 e. The Morgan fingerprint density at radius 1 is 1.38 bits per heavy atom. The van der Waals surface area contributed by atoms with E-state index >= 15 is 0 Å². The lowest BCUT2D eigenvalue weighted by Crippen LogP contribution is -2.44. The second-order valence-corrected chi connectivity index (χ2v) is 7.86. The molecule has 3 fully saturated rings. The van der Waals surface area contributed by atoms with E-state index in [1.165, 1.54) is 6.92 Å². The first kappa shape index (κ1) is 19.9. The van der Waals surface area contributed by atoms with Gasteiger partial charge in [0.15, 0.2) is 0 Å². The number of ether oxygens (including phenoxy) is 1. The second kappa shape index (κ2) is 7.12. The van der Waals surface area contributed by atoms with Crippen LogP contribution in [0.15, 0.2) is 12.3 Å². The normalized spacial score (nSPS) is 30.3. The summed E-state index contributed by atoms with van der Waals surface area (Å²) in [5.41, 5.74) is -1.40. The summed E-state index contributed by atoms with van der Waals surface area (Å²) < 4.78 is 45.2. The zero-order valence-corrected chi connectivity index (χ0v) is 15.8. The molecule has 8 nitrogen and oxygen atoms in total. The first-order valence-electron chi connectivity index (χ1n) is 9.52. The van der Waals surface area contributed by atoms with E-state index in [0.29, 0.717) is 19.6 Å². The van der Waals surface area contributed by atoms with Crippen molar-refractivity contribution in [1.29, 1.82) is 0 Å². The number of nitrogens with one attached hydrogen (secondary N) is 2. The summed E-state index contributed by atoms with van der Waals surface area (Å²) in [5.74, 6) is -0.395. The maximum absolute atomic E-state index is 13.0. The van der Waals surface area contributed by atoms with E-state index in [0.717, 1.165) is 25.1 Å². The SMILES string of the molecule is CC(=O)NCC(=O)NC[C@H]1[C@H]2CN(c3nccc(C(F)(F)F)n3)C[C@]23CC[C@H]1O3. The fourth-order valence-electron chi connectivity index (χ4n) is 4.77. The van der Waals surface area contributed by atoms with Crippen LogP contribution in [-0.2, 0) is 20.5 Å². The molecule has 1 aromatic heterocycles. The molecule has 4 heterocycles. The Balaban J connectivity index is 1.44. The van der Waals surface area contributed by atoms with E-state index in [1.54, 1.807) is 4.90 Å². The van der Waals surface area contributed by atoms with Gasteiger partial charge in [0.1, 0.15) is 5.69 Å². The lowest BCUT2D eigenvalue weighted by Gasteiger charge is -2.29. The molecule has 0 saturated carbocycles. The summed E-state index contributed by atoms with van der Waals surface area (Å²) in [6, 6.07) is 0.855. The van der Waals surface area contributed by atoms with Gasteiger partial charge in [-0.25, -0.2) is 9.97 Å². The van der Waals surface area contributed by atoms with Crippen molar-refractivity contribution in [3.8, 4) is 0 Å². The standard InChI is InChI=1S/C18H22F3N5O3/c1-10(27)23-7-15(28)24-6-11-12-8-26(9-17(12)4-2-13(11)29-17)16-22-5-3-14(25-16)18(19,20)21/h3,5,11-13H,2,4,6-9H2,1H3,(H,23,27)(H,24,28)/t11-,12+,13+,17+/m0/s1. The van der Waals surface area contributed by atoms with Gasteiger partial charge >= 0.3 is 6.18 Å². The molecule has 4 atom stereocenters. The third-order valence-corrected chi connectivity index (χ3v) is 6.03. The number of aromatic nitrogens is 2. The van der Waals surface area contributed by atoms with Crippen LogP contribution >= 0.6 is 0 Å². The average Bonchev–Trinajstić information content (AvgIpc) is 3.32. The van der Waals surface area contributed by atoms with E-state index < -0.39 is 17.5 Å². The van der Waals surface area contributed by atoms with Crippen molar-refractivity contribution < 1.29 is 27.5 Å². The van der Waals surface area contributed by atoms with Gasteiger partial charge in [-0.2, -0.15) is 13.2 Å². The van der Waals surface area contributed by atoms with E-state index in [2.05, 4.69) is 20.6 Å². The number of hydrogen-bond donors (Lipinski definition) is 2. The minimum Gasteiger partial charge on any atom is -0.369 e. The van der Waals surface area contributed by atoms with Crippen LogP contribution < -0.4 is 15.5 Å². The van der Waals surface area contributed by atoms with Gasteiger partial charge in [0.2, 0.25) is 17.8 Å². The summed E-state index contributed by atoms with van der Waals surface area (Å²) in [4.78, 5) is 32.3. The number of hydrogen-bond acceptors (Lipinski definition) is 6. The topological polar surface area (TPSA) is 96.5 Å². The summed E-state index contributed by atoms with van der Waals surface area (Å²) in [5, 5.41) is 5.27. The number of fused-ring (bicyclic) bond motifs is 1. The van der Waals surface area contributed by atoms with Gasteiger partial charge in [0.25, 0.3) is 0 Å². The molecule has 2 N–H and O–H groups in total. The molecule has 1 spiro atoms. The Bertz CT molecular complexity index is 820. The molecule has 1 aromatic rings. The number of carbonyl (C=O) groups is 2. The number of halogens is 3. The Hall–Kier alpha value is -2.43. The summed E-state index contributed by atoms with van der Waals surface area (Å²) >= 11 is 0. The maximum atomic E-state index is 13.0. The Morgan fingerprint density at radius 2 is 2.17 bits per heavy atom. The number of nitrogens with zero attached hydrogens (tertiary/aromatic N) is 3. The number of carbonyl (C=O) groups excluding carboxylic acids is 2. The van der Waals surface area contributed by atoms with Crippen LogP contribution in [-0.4, -0.2) is 59.7 Å². The highest BCUT2D eigenvalue weighted by Gasteiger charge is 2.63. The van der Waals surface area contributed by atoms with Crippen molar-refractivity contribution >= 4 is 17.8 Å². The molecule has 3 aliphatic heterocycles. The molecular formula is C18H22F3N5O3. The van der Waals surface area contributed by atoms with Gasteiger partial charge in [-0.1, -0.05) is 0 Å². The first-order chi connectivity index (χ1) is 13.7. The third kappa shape index (κ3) is 3.75. The fourth-order valence-corrected chi connectivity index (χ4v) is 4.77. The molecule has 0 aliphatic carbocycles. The van der Waals surface area contributed by atoms with Crippen molar-refractivity contribution in [3.05, 3.63) is 18.0 Å². The van der Waals surface area contributed by atoms with E-state index in [9.17, 15) is 22.8 Å². The van der Waals surface area contributed by atoms with Crippen molar-refractivity contribution in [1.82, 2.24) is 20.6 Å².